The number of nitrogen functional groups attached to an aromatic ring is 1. The van der Waals surface area contributed by atoms with Crippen molar-refractivity contribution < 1.29 is 26.3 Å². The van der Waals surface area contributed by atoms with E-state index in [0.29, 0.717) is 6.07 Å². The average Bonchev–Trinajstić information content (AvgIpc) is 2.37. The van der Waals surface area contributed by atoms with Crippen LogP contribution in [0.1, 0.15) is 11.1 Å². The quantitative estimate of drug-likeness (QED) is 0.584. The van der Waals surface area contributed by atoms with E-state index in [1.807, 2.05) is 0 Å². The maximum Gasteiger partial charge on any atom is 0.417 e. The SMILES string of the molecule is Nc1ccc(C(F)(F)F)cc1-c1ccccc1C(F)(F)F. The summed E-state index contributed by atoms with van der Waals surface area (Å²) in [5.41, 5.74) is 2.63. The zero-order valence-corrected chi connectivity index (χ0v) is 10.4. The zero-order valence-electron chi connectivity index (χ0n) is 10.4. The first-order valence-electron chi connectivity index (χ1n) is 5.74. The zero-order chi connectivity index (χ0) is 15.8. The topological polar surface area (TPSA) is 26.0 Å². The van der Waals surface area contributed by atoms with Crippen LogP contribution >= 0.6 is 0 Å². The molecule has 0 aliphatic heterocycles. The van der Waals surface area contributed by atoms with Crippen molar-refractivity contribution in [2.24, 2.45) is 0 Å². The smallest absolute Gasteiger partial charge is 0.398 e. The van der Waals surface area contributed by atoms with Gasteiger partial charge in [-0.05, 0) is 29.8 Å². The molecule has 2 N–H and O–H groups in total. The molecule has 2 rings (SSSR count). The monoisotopic (exact) mass is 305 g/mol. The lowest BCUT2D eigenvalue weighted by molar-refractivity contribution is -0.137. The lowest BCUT2D eigenvalue weighted by atomic mass is 9.96. The predicted octanol–water partition coefficient (Wildman–Crippen LogP) is 4.97. The van der Waals surface area contributed by atoms with Crippen LogP contribution in [-0.2, 0) is 12.4 Å². The molecular weight excluding hydrogens is 296 g/mol. The molecule has 0 saturated carbocycles. The van der Waals surface area contributed by atoms with Gasteiger partial charge in [0.05, 0.1) is 11.1 Å². The van der Waals surface area contributed by atoms with Gasteiger partial charge in [-0.25, -0.2) is 0 Å². The van der Waals surface area contributed by atoms with E-state index in [0.717, 1.165) is 30.3 Å². The Morgan fingerprint density at radius 2 is 1.33 bits per heavy atom. The Morgan fingerprint density at radius 1 is 0.714 bits per heavy atom. The van der Waals surface area contributed by atoms with Gasteiger partial charge in [0.25, 0.3) is 0 Å². The van der Waals surface area contributed by atoms with Crippen molar-refractivity contribution in [3.63, 3.8) is 0 Å². The van der Waals surface area contributed by atoms with Crippen molar-refractivity contribution in [1.82, 2.24) is 0 Å². The maximum absolute atomic E-state index is 12.9. The lowest BCUT2D eigenvalue weighted by Gasteiger charge is -2.16. The van der Waals surface area contributed by atoms with Crippen molar-refractivity contribution in [2.45, 2.75) is 12.4 Å². The Morgan fingerprint density at radius 3 is 1.90 bits per heavy atom. The molecule has 0 radical (unpaired) electrons. The van der Waals surface area contributed by atoms with E-state index >= 15 is 0 Å². The van der Waals surface area contributed by atoms with Crippen molar-refractivity contribution >= 4 is 5.69 Å². The third-order valence-corrected chi connectivity index (χ3v) is 2.90. The Kier molecular flexibility index (Phi) is 3.61. The van der Waals surface area contributed by atoms with Gasteiger partial charge in [-0.1, -0.05) is 18.2 Å². The van der Waals surface area contributed by atoms with E-state index < -0.39 is 23.5 Å². The number of nitrogens with two attached hydrogens (primary N) is 1. The first-order chi connectivity index (χ1) is 9.60. The molecule has 0 aromatic heterocycles. The summed E-state index contributed by atoms with van der Waals surface area (Å²) in [5.74, 6) is 0. The molecule has 1 nitrogen and oxygen atoms in total. The van der Waals surface area contributed by atoms with E-state index in [4.69, 9.17) is 5.73 Å². The van der Waals surface area contributed by atoms with Crippen LogP contribution in [0.15, 0.2) is 42.5 Å². The molecule has 112 valence electrons. The van der Waals surface area contributed by atoms with E-state index in [2.05, 4.69) is 0 Å². The number of rotatable bonds is 1. The molecule has 2 aromatic rings. The number of hydrogen-bond donors (Lipinski definition) is 1. The fraction of sp³-hybridized carbons (Fsp3) is 0.143. The van der Waals surface area contributed by atoms with Gasteiger partial charge < -0.3 is 5.73 Å². The second-order valence-electron chi connectivity index (χ2n) is 4.34. The van der Waals surface area contributed by atoms with Crippen molar-refractivity contribution in [3.05, 3.63) is 53.6 Å². The average molecular weight is 305 g/mol. The highest BCUT2D eigenvalue weighted by Crippen LogP contribution is 2.41. The molecule has 21 heavy (non-hydrogen) atoms. The summed E-state index contributed by atoms with van der Waals surface area (Å²) in [4.78, 5) is 0. The molecule has 0 fully saturated rings. The molecule has 0 spiro atoms. The van der Waals surface area contributed by atoms with Gasteiger partial charge >= 0.3 is 12.4 Å². The van der Waals surface area contributed by atoms with Crippen LogP contribution in [0.3, 0.4) is 0 Å². The summed E-state index contributed by atoms with van der Waals surface area (Å²) >= 11 is 0. The largest absolute Gasteiger partial charge is 0.417 e. The Balaban J connectivity index is 2.68. The Labute approximate surface area is 116 Å². The third kappa shape index (κ3) is 3.12. The lowest BCUT2D eigenvalue weighted by Crippen LogP contribution is -2.09. The summed E-state index contributed by atoms with van der Waals surface area (Å²) in [6.45, 7) is 0. The van der Waals surface area contributed by atoms with Gasteiger partial charge in [0.1, 0.15) is 0 Å². The van der Waals surface area contributed by atoms with Crippen molar-refractivity contribution in [1.29, 1.82) is 0 Å². The van der Waals surface area contributed by atoms with Gasteiger partial charge in [-0.15, -0.1) is 0 Å². The highest BCUT2D eigenvalue weighted by atomic mass is 19.4. The van der Waals surface area contributed by atoms with E-state index in [1.54, 1.807) is 0 Å². The summed E-state index contributed by atoms with van der Waals surface area (Å²) in [6, 6.07) is 6.67. The van der Waals surface area contributed by atoms with Crippen LogP contribution < -0.4 is 5.73 Å². The fourth-order valence-electron chi connectivity index (χ4n) is 1.93. The molecule has 0 unspecified atom stereocenters. The normalized spacial score (nSPS) is 12.5. The summed E-state index contributed by atoms with van der Waals surface area (Å²) < 4.78 is 76.9. The molecule has 0 aliphatic carbocycles. The molecule has 0 heterocycles. The van der Waals surface area contributed by atoms with E-state index in [9.17, 15) is 26.3 Å². The molecule has 7 heteroatoms. The highest BCUT2D eigenvalue weighted by molar-refractivity contribution is 5.79. The maximum atomic E-state index is 12.9. The Bertz CT molecular complexity index is 657. The van der Waals surface area contributed by atoms with Gasteiger partial charge in [-0.3, -0.25) is 0 Å². The van der Waals surface area contributed by atoms with Crippen LogP contribution in [0.2, 0.25) is 0 Å². The van der Waals surface area contributed by atoms with Crippen LogP contribution in [-0.4, -0.2) is 0 Å². The highest BCUT2D eigenvalue weighted by Gasteiger charge is 2.35. The van der Waals surface area contributed by atoms with Gasteiger partial charge in [0.15, 0.2) is 0 Å². The Hall–Kier alpha value is -2.18. The minimum Gasteiger partial charge on any atom is -0.398 e. The van der Waals surface area contributed by atoms with Crippen molar-refractivity contribution in [2.75, 3.05) is 5.73 Å². The molecule has 2 aromatic carbocycles. The fourth-order valence-corrected chi connectivity index (χ4v) is 1.93. The number of benzene rings is 2. The number of alkyl halides is 6. The minimum absolute atomic E-state index is 0.153. The number of anilines is 1. The van der Waals surface area contributed by atoms with Gasteiger partial charge in [0, 0.05) is 11.3 Å². The van der Waals surface area contributed by atoms with Crippen molar-refractivity contribution in [3.8, 4) is 11.1 Å². The summed E-state index contributed by atoms with van der Waals surface area (Å²) in [7, 11) is 0. The first kappa shape index (κ1) is 15.2. The number of hydrogen-bond acceptors (Lipinski definition) is 1. The minimum atomic E-state index is -4.68. The first-order valence-corrected chi connectivity index (χ1v) is 5.74. The van der Waals surface area contributed by atoms with Gasteiger partial charge in [0.2, 0.25) is 0 Å². The molecular formula is C14H9F6N. The molecule has 0 saturated heterocycles. The third-order valence-electron chi connectivity index (χ3n) is 2.90. The van der Waals surface area contributed by atoms with E-state index in [1.165, 1.54) is 6.07 Å². The molecule has 0 bridgehead atoms. The predicted molar refractivity (Wildman–Crippen MR) is 66.3 cm³/mol. The van der Waals surface area contributed by atoms with Crippen LogP contribution in [0.4, 0.5) is 32.0 Å². The van der Waals surface area contributed by atoms with Gasteiger partial charge in [-0.2, -0.15) is 26.3 Å². The van der Waals surface area contributed by atoms with Crippen LogP contribution in [0.5, 0.6) is 0 Å². The second kappa shape index (κ2) is 4.98. The standard InChI is InChI=1S/C14H9F6N/c15-13(16,17)8-5-6-12(21)10(7-8)9-3-1-2-4-11(9)14(18,19)20/h1-7H,21H2. The number of halogens is 6. The van der Waals surface area contributed by atoms with Crippen LogP contribution in [0, 0.1) is 0 Å². The second-order valence-corrected chi connectivity index (χ2v) is 4.34. The molecule has 0 amide bonds. The molecule has 0 atom stereocenters. The van der Waals surface area contributed by atoms with Crippen LogP contribution in [0.25, 0.3) is 11.1 Å². The summed E-state index contributed by atoms with van der Waals surface area (Å²) in [6.07, 6.45) is -9.34. The van der Waals surface area contributed by atoms with E-state index in [-0.39, 0.29) is 16.8 Å². The summed E-state index contributed by atoms with van der Waals surface area (Å²) in [5, 5.41) is 0. The molecule has 0 aliphatic rings.